The summed E-state index contributed by atoms with van der Waals surface area (Å²) in [6, 6.07) is 15.3. The monoisotopic (exact) mass is 389 g/mol. The van der Waals surface area contributed by atoms with Crippen LogP contribution in [-0.4, -0.2) is 10.5 Å². The summed E-state index contributed by atoms with van der Waals surface area (Å²) in [6.07, 6.45) is 1.40. The standard InChI is InChI=1S/C21H15N3O5/c1-24-17-6-5-15(10-18(17)29-21(24)26)23-20(25)19-14(7-8-27-19)12-28-16-4-2-3-13(9-16)11-22/h2-10H,12H2,1H3,(H,23,25). The lowest BCUT2D eigenvalue weighted by atomic mass is 10.2. The van der Waals surface area contributed by atoms with Gasteiger partial charge in [0, 0.05) is 24.4 Å². The highest BCUT2D eigenvalue weighted by Crippen LogP contribution is 2.21. The van der Waals surface area contributed by atoms with Crippen molar-refractivity contribution >= 4 is 22.7 Å². The summed E-state index contributed by atoms with van der Waals surface area (Å²) >= 11 is 0. The molecule has 0 atom stereocenters. The second-order valence-corrected chi connectivity index (χ2v) is 6.27. The molecule has 8 nitrogen and oxygen atoms in total. The molecular formula is C21H15N3O5. The smallest absolute Gasteiger partial charge is 0.419 e. The minimum Gasteiger partial charge on any atom is -0.489 e. The fourth-order valence-corrected chi connectivity index (χ4v) is 2.86. The van der Waals surface area contributed by atoms with E-state index in [1.165, 1.54) is 10.8 Å². The van der Waals surface area contributed by atoms with Gasteiger partial charge in [0.15, 0.2) is 11.3 Å². The first-order valence-electron chi connectivity index (χ1n) is 8.65. The third-order valence-electron chi connectivity index (χ3n) is 4.36. The van der Waals surface area contributed by atoms with Crippen LogP contribution < -0.4 is 15.8 Å². The first-order chi connectivity index (χ1) is 14.0. The maximum atomic E-state index is 12.6. The van der Waals surface area contributed by atoms with Gasteiger partial charge in [-0.3, -0.25) is 9.36 Å². The molecule has 0 bridgehead atoms. The van der Waals surface area contributed by atoms with Gasteiger partial charge in [-0.05, 0) is 36.4 Å². The van der Waals surface area contributed by atoms with E-state index in [0.29, 0.717) is 33.7 Å². The molecule has 0 saturated heterocycles. The highest BCUT2D eigenvalue weighted by Gasteiger charge is 2.17. The topological polar surface area (TPSA) is 110 Å². The fourth-order valence-electron chi connectivity index (χ4n) is 2.86. The molecule has 0 aliphatic rings. The summed E-state index contributed by atoms with van der Waals surface area (Å²) in [7, 11) is 1.61. The second-order valence-electron chi connectivity index (χ2n) is 6.27. The summed E-state index contributed by atoms with van der Waals surface area (Å²) in [6.45, 7) is 0.0979. The first-order valence-corrected chi connectivity index (χ1v) is 8.65. The molecule has 0 aliphatic heterocycles. The summed E-state index contributed by atoms with van der Waals surface area (Å²) in [5, 5.41) is 11.7. The number of oxazole rings is 1. The van der Waals surface area contributed by atoms with Crippen LogP contribution in [0.15, 0.2) is 68.4 Å². The van der Waals surface area contributed by atoms with Gasteiger partial charge in [-0.2, -0.15) is 5.26 Å². The number of aromatic nitrogens is 1. The molecule has 2 aromatic carbocycles. The molecule has 8 heteroatoms. The van der Waals surface area contributed by atoms with Crippen molar-refractivity contribution in [2.24, 2.45) is 7.05 Å². The first kappa shape index (κ1) is 18.1. The van der Waals surface area contributed by atoms with Crippen molar-refractivity contribution in [1.29, 1.82) is 5.26 Å². The van der Waals surface area contributed by atoms with Gasteiger partial charge >= 0.3 is 5.76 Å². The molecule has 0 aliphatic carbocycles. The lowest BCUT2D eigenvalue weighted by Crippen LogP contribution is -2.13. The third-order valence-corrected chi connectivity index (χ3v) is 4.36. The highest BCUT2D eigenvalue weighted by atomic mass is 16.5. The van der Waals surface area contributed by atoms with Gasteiger partial charge in [0.05, 0.1) is 23.4 Å². The number of nitrogens with one attached hydrogen (secondary N) is 1. The largest absolute Gasteiger partial charge is 0.489 e. The van der Waals surface area contributed by atoms with Gasteiger partial charge in [0.1, 0.15) is 12.4 Å². The number of carbonyl (C=O) groups excluding carboxylic acids is 1. The molecule has 1 N–H and O–H groups in total. The van der Waals surface area contributed by atoms with Crippen molar-refractivity contribution in [3.8, 4) is 11.8 Å². The maximum absolute atomic E-state index is 12.6. The molecule has 1 amide bonds. The summed E-state index contributed by atoms with van der Waals surface area (Å²) < 4.78 is 17.5. The van der Waals surface area contributed by atoms with E-state index in [1.54, 1.807) is 55.6 Å². The molecule has 0 unspecified atom stereocenters. The molecular weight excluding hydrogens is 374 g/mol. The predicted molar refractivity (Wildman–Crippen MR) is 104 cm³/mol. The molecule has 0 spiro atoms. The molecule has 2 aromatic heterocycles. The van der Waals surface area contributed by atoms with Crippen molar-refractivity contribution in [2.75, 3.05) is 5.32 Å². The molecule has 0 saturated carbocycles. The van der Waals surface area contributed by atoms with Gasteiger partial charge < -0.3 is 18.9 Å². The minimum absolute atomic E-state index is 0.0979. The quantitative estimate of drug-likeness (QED) is 0.560. The van der Waals surface area contributed by atoms with E-state index in [2.05, 4.69) is 5.32 Å². The molecule has 4 aromatic rings. The lowest BCUT2D eigenvalue weighted by molar-refractivity contribution is 0.0993. The van der Waals surface area contributed by atoms with Crippen molar-refractivity contribution in [2.45, 2.75) is 6.61 Å². The molecule has 0 fully saturated rings. The predicted octanol–water partition coefficient (Wildman–Crippen LogP) is 3.43. The van der Waals surface area contributed by atoms with Crippen LogP contribution in [-0.2, 0) is 13.7 Å². The number of anilines is 1. The van der Waals surface area contributed by atoms with E-state index in [4.69, 9.17) is 18.8 Å². The van der Waals surface area contributed by atoms with Gasteiger partial charge in [0.25, 0.3) is 5.91 Å². The Balaban J connectivity index is 1.49. The van der Waals surface area contributed by atoms with Crippen molar-refractivity contribution in [3.05, 3.63) is 82.2 Å². The number of nitriles is 1. The number of hydrogen-bond acceptors (Lipinski definition) is 6. The zero-order valence-corrected chi connectivity index (χ0v) is 15.3. The van der Waals surface area contributed by atoms with Crippen LogP contribution in [0.5, 0.6) is 5.75 Å². The molecule has 4 rings (SSSR count). The van der Waals surface area contributed by atoms with Crippen LogP contribution in [0.2, 0.25) is 0 Å². The summed E-state index contributed by atoms with van der Waals surface area (Å²) in [5.41, 5.74) is 2.49. The van der Waals surface area contributed by atoms with Crippen molar-refractivity contribution in [3.63, 3.8) is 0 Å². The van der Waals surface area contributed by atoms with Gasteiger partial charge in [-0.1, -0.05) is 6.07 Å². The minimum atomic E-state index is -0.477. The zero-order valence-electron chi connectivity index (χ0n) is 15.3. The van der Waals surface area contributed by atoms with E-state index < -0.39 is 11.7 Å². The number of nitrogens with zero attached hydrogens (tertiary/aromatic N) is 2. The fraction of sp³-hybridized carbons (Fsp3) is 0.0952. The van der Waals surface area contributed by atoms with Crippen molar-refractivity contribution < 1.29 is 18.4 Å². The average Bonchev–Trinajstić information content (AvgIpc) is 3.31. The Morgan fingerprint density at radius 3 is 2.93 bits per heavy atom. The Hall–Kier alpha value is -4.25. The van der Waals surface area contributed by atoms with Crippen LogP contribution in [0.1, 0.15) is 21.7 Å². The van der Waals surface area contributed by atoms with Crippen LogP contribution in [0.3, 0.4) is 0 Å². The number of carbonyl (C=O) groups is 1. The lowest BCUT2D eigenvalue weighted by Gasteiger charge is -2.07. The number of rotatable bonds is 5. The summed E-state index contributed by atoms with van der Waals surface area (Å²) in [4.78, 5) is 24.2. The Labute approximate surface area is 164 Å². The van der Waals surface area contributed by atoms with Crippen molar-refractivity contribution in [1.82, 2.24) is 4.57 Å². The maximum Gasteiger partial charge on any atom is 0.419 e. The van der Waals surface area contributed by atoms with Crippen LogP contribution in [0, 0.1) is 11.3 Å². The second kappa shape index (κ2) is 7.40. The van der Waals surface area contributed by atoms with E-state index >= 15 is 0 Å². The normalized spacial score (nSPS) is 10.6. The number of ether oxygens (including phenoxy) is 1. The van der Waals surface area contributed by atoms with E-state index in [0.717, 1.165) is 0 Å². The average molecular weight is 389 g/mol. The Bertz CT molecular complexity index is 1310. The number of hydrogen-bond donors (Lipinski definition) is 1. The molecule has 0 radical (unpaired) electrons. The van der Waals surface area contributed by atoms with Gasteiger partial charge in [-0.25, -0.2) is 4.79 Å². The number of benzene rings is 2. The van der Waals surface area contributed by atoms with E-state index in [1.807, 2.05) is 6.07 Å². The zero-order chi connectivity index (χ0) is 20.4. The Kier molecular flexibility index (Phi) is 4.63. The Morgan fingerprint density at radius 1 is 1.24 bits per heavy atom. The number of fused-ring (bicyclic) bond motifs is 1. The van der Waals surface area contributed by atoms with Gasteiger partial charge in [0.2, 0.25) is 0 Å². The molecule has 2 heterocycles. The van der Waals surface area contributed by atoms with E-state index in [9.17, 15) is 9.59 Å². The Morgan fingerprint density at radius 2 is 2.10 bits per heavy atom. The molecule has 29 heavy (non-hydrogen) atoms. The molecule has 144 valence electrons. The van der Waals surface area contributed by atoms with E-state index in [-0.39, 0.29) is 12.4 Å². The van der Waals surface area contributed by atoms with Gasteiger partial charge in [-0.15, -0.1) is 0 Å². The van der Waals surface area contributed by atoms with Crippen LogP contribution >= 0.6 is 0 Å². The van der Waals surface area contributed by atoms with Crippen LogP contribution in [0.25, 0.3) is 11.1 Å². The summed E-state index contributed by atoms with van der Waals surface area (Å²) in [5.74, 6) is -0.316. The number of amides is 1. The van der Waals surface area contributed by atoms with Crippen LogP contribution in [0.4, 0.5) is 5.69 Å². The number of furan rings is 1. The highest BCUT2D eigenvalue weighted by molar-refractivity contribution is 6.03. The third kappa shape index (κ3) is 3.61. The SMILES string of the molecule is Cn1c(=O)oc2cc(NC(=O)c3occc3COc3cccc(C#N)c3)ccc21. The number of aryl methyl sites for hydroxylation is 1.